The van der Waals surface area contributed by atoms with Crippen molar-refractivity contribution in [3.63, 3.8) is 0 Å². The van der Waals surface area contributed by atoms with Gasteiger partial charge in [0.15, 0.2) is 0 Å². The summed E-state index contributed by atoms with van der Waals surface area (Å²) in [4.78, 5) is 0. The van der Waals surface area contributed by atoms with E-state index in [0.29, 0.717) is 10.7 Å². The van der Waals surface area contributed by atoms with Crippen LogP contribution in [0.2, 0.25) is 5.02 Å². The van der Waals surface area contributed by atoms with Gasteiger partial charge in [-0.05, 0) is 17.7 Å². The molecular formula is C8H11ClN2O. The van der Waals surface area contributed by atoms with Gasteiger partial charge in [0.05, 0.1) is 23.4 Å². The topological polar surface area (TPSA) is 72.3 Å². The number of nitrogens with two attached hydrogens (primary N) is 2. The predicted octanol–water partition coefficient (Wildman–Crippen LogP) is 0.914. The molecule has 5 N–H and O–H groups in total. The van der Waals surface area contributed by atoms with E-state index in [0.717, 1.165) is 5.56 Å². The smallest absolute Gasteiger partial charge is 0.0638 e. The van der Waals surface area contributed by atoms with Crippen LogP contribution in [0, 0.1) is 0 Å². The number of rotatable bonds is 2. The first-order chi connectivity index (χ1) is 5.65. The molecule has 0 amide bonds. The van der Waals surface area contributed by atoms with Gasteiger partial charge >= 0.3 is 0 Å². The molecule has 1 aromatic carbocycles. The van der Waals surface area contributed by atoms with Crippen molar-refractivity contribution in [1.82, 2.24) is 0 Å². The minimum absolute atomic E-state index is 0.0970. The molecule has 0 saturated carbocycles. The van der Waals surface area contributed by atoms with Crippen molar-refractivity contribution in [3.8, 4) is 0 Å². The number of aliphatic hydroxyl groups is 1. The minimum Gasteiger partial charge on any atom is -0.398 e. The molecule has 1 aromatic rings. The van der Waals surface area contributed by atoms with Gasteiger partial charge in [0.2, 0.25) is 0 Å². The summed E-state index contributed by atoms with van der Waals surface area (Å²) in [6, 6.07) is 4.70. The van der Waals surface area contributed by atoms with Gasteiger partial charge in [-0.25, -0.2) is 0 Å². The zero-order chi connectivity index (χ0) is 9.14. The van der Waals surface area contributed by atoms with Crippen molar-refractivity contribution in [3.05, 3.63) is 28.8 Å². The number of benzene rings is 1. The van der Waals surface area contributed by atoms with Gasteiger partial charge < -0.3 is 16.6 Å². The van der Waals surface area contributed by atoms with Gasteiger partial charge in [-0.2, -0.15) is 0 Å². The van der Waals surface area contributed by atoms with Crippen molar-refractivity contribution in [1.29, 1.82) is 0 Å². The second-order valence-electron chi connectivity index (χ2n) is 2.57. The van der Waals surface area contributed by atoms with Crippen LogP contribution in [0.3, 0.4) is 0 Å². The van der Waals surface area contributed by atoms with Crippen LogP contribution in [-0.4, -0.2) is 11.7 Å². The maximum Gasteiger partial charge on any atom is 0.0638 e. The fourth-order valence-corrected chi connectivity index (χ4v) is 1.07. The lowest BCUT2D eigenvalue weighted by Crippen LogP contribution is -2.14. The van der Waals surface area contributed by atoms with Gasteiger partial charge in [0.1, 0.15) is 0 Å². The number of aliphatic hydroxyl groups excluding tert-OH is 1. The zero-order valence-electron chi connectivity index (χ0n) is 6.50. The molecule has 0 heterocycles. The lowest BCUT2D eigenvalue weighted by Gasteiger charge is -2.09. The third-order valence-electron chi connectivity index (χ3n) is 1.65. The first kappa shape index (κ1) is 9.32. The van der Waals surface area contributed by atoms with E-state index in [-0.39, 0.29) is 12.6 Å². The van der Waals surface area contributed by atoms with E-state index in [9.17, 15) is 0 Å². The minimum atomic E-state index is -0.386. The summed E-state index contributed by atoms with van der Waals surface area (Å²) < 4.78 is 0. The van der Waals surface area contributed by atoms with Crippen LogP contribution in [0.4, 0.5) is 5.69 Å². The average molecular weight is 187 g/mol. The first-order valence-corrected chi connectivity index (χ1v) is 3.94. The molecule has 0 saturated heterocycles. The molecule has 0 aliphatic heterocycles. The highest BCUT2D eigenvalue weighted by molar-refractivity contribution is 6.33. The standard InChI is InChI=1S/C8H11ClN2O/c9-6-3-5(8(11)4-12)1-2-7(6)10/h1-3,8,12H,4,10-11H2/t8-/m0/s1. The van der Waals surface area contributed by atoms with Crippen LogP contribution in [0.25, 0.3) is 0 Å². The monoisotopic (exact) mass is 186 g/mol. The Bertz CT molecular complexity index is 278. The molecule has 3 nitrogen and oxygen atoms in total. The molecule has 0 aliphatic carbocycles. The van der Waals surface area contributed by atoms with Crippen molar-refractivity contribution < 1.29 is 5.11 Å². The lowest BCUT2D eigenvalue weighted by atomic mass is 10.1. The SMILES string of the molecule is Nc1ccc([C@@H](N)CO)cc1Cl. The highest BCUT2D eigenvalue weighted by atomic mass is 35.5. The molecule has 0 aliphatic rings. The Labute approximate surface area is 75.9 Å². The van der Waals surface area contributed by atoms with Crippen LogP contribution < -0.4 is 11.5 Å². The predicted molar refractivity (Wildman–Crippen MR) is 49.9 cm³/mol. The number of anilines is 1. The largest absolute Gasteiger partial charge is 0.398 e. The van der Waals surface area contributed by atoms with E-state index in [2.05, 4.69) is 0 Å². The Kier molecular flexibility index (Phi) is 2.92. The molecule has 66 valence electrons. The van der Waals surface area contributed by atoms with Crippen molar-refractivity contribution in [2.75, 3.05) is 12.3 Å². The van der Waals surface area contributed by atoms with E-state index in [4.69, 9.17) is 28.2 Å². The molecule has 1 rings (SSSR count). The third-order valence-corrected chi connectivity index (χ3v) is 1.98. The van der Waals surface area contributed by atoms with Crippen LogP contribution in [0.1, 0.15) is 11.6 Å². The van der Waals surface area contributed by atoms with Crippen LogP contribution in [0.15, 0.2) is 18.2 Å². The Morgan fingerprint density at radius 3 is 2.67 bits per heavy atom. The Hall–Kier alpha value is -0.770. The summed E-state index contributed by atoms with van der Waals surface area (Å²) in [5.74, 6) is 0. The summed E-state index contributed by atoms with van der Waals surface area (Å²) in [6.07, 6.45) is 0. The fraction of sp³-hybridized carbons (Fsp3) is 0.250. The molecule has 0 fully saturated rings. The van der Waals surface area contributed by atoms with Crippen molar-refractivity contribution in [2.45, 2.75) is 6.04 Å². The quantitative estimate of drug-likeness (QED) is 0.602. The van der Waals surface area contributed by atoms with Gasteiger partial charge in [-0.1, -0.05) is 17.7 Å². The van der Waals surface area contributed by atoms with E-state index >= 15 is 0 Å². The second-order valence-corrected chi connectivity index (χ2v) is 2.98. The summed E-state index contributed by atoms with van der Waals surface area (Å²) in [6.45, 7) is -0.0970. The van der Waals surface area contributed by atoms with Gasteiger partial charge in [-0.3, -0.25) is 0 Å². The molecule has 0 bridgehead atoms. The maximum absolute atomic E-state index is 8.75. The normalized spacial score (nSPS) is 12.9. The summed E-state index contributed by atoms with van der Waals surface area (Å²) in [7, 11) is 0. The Balaban J connectivity index is 2.96. The van der Waals surface area contributed by atoms with Gasteiger partial charge in [-0.15, -0.1) is 0 Å². The number of hydrogen-bond donors (Lipinski definition) is 3. The molecular weight excluding hydrogens is 176 g/mol. The fourth-order valence-electron chi connectivity index (χ4n) is 0.879. The lowest BCUT2D eigenvalue weighted by molar-refractivity contribution is 0.268. The second kappa shape index (κ2) is 3.76. The molecule has 12 heavy (non-hydrogen) atoms. The molecule has 0 aromatic heterocycles. The van der Waals surface area contributed by atoms with Crippen molar-refractivity contribution in [2.24, 2.45) is 5.73 Å². The van der Waals surface area contributed by atoms with Crippen LogP contribution in [0.5, 0.6) is 0 Å². The highest BCUT2D eigenvalue weighted by Gasteiger charge is 2.05. The van der Waals surface area contributed by atoms with E-state index < -0.39 is 0 Å². The molecule has 4 heteroatoms. The maximum atomic E-state index is 8.75. The van der Waals surface area contributed by atoms with E-state index in [1.165, 1.54) is 0 Å². The molecule has 0 spiro atoms. The number of hydrogen-bond acceptors (Lipinski definition) is 3. The zero-order valence-corrected chi connectivity index (χ0v) is 7.25. The Morgan fingerprint density at radius 2 is 2.17 bits per heavy atom. The van der Waals surface area contributed by atoms with E-state index in [1.54, 1.807) is 18.2 Å². The van der Waals surface area contributed by atoms with E-state index in [1.807, 2.05) is 0 Å². The van der Waals surface area contributed by atoms with Gasteiger partial charge in [0.25, 0.3) is 0 Å². The Morgan fingerprint density at radius 1 is 1.50 bits per heavy atom. The highest BCUT2D eigenvalue weighted by Crippen LogP contribution is 2.22. The summed E-state index contributed by atoms with van der Waals surface area (Å²) >= 11 is 5.75. The van der Waals surface area contributed by atoms with Crippen LogP contribution >= 0.6 is 11.6 Å². The first-order valence-electron chi connectivity index (χ1n) is 3.56. The average Bonchev–Trinajstić information content (AvgIpc) is 2.08. The number of halogens is 1. The summed E-state index contributed by atoms with van der Waals surface area (Å²) in [5.41, 5.74) is 12.4. The number of nitrogen functional groups attached to an aromatic ring is 1. The summed E-state index contributed by atoms with van der Waals surface area (Å²) in [5, 5.41) is 9.22. The molecule has 0 radical (unpaired) electrons. The third kappa shape index (κ3) is 1.88. The van der Waals surface area contributed by atoms with Crippen molar-refractivity contribution >= 4 is 17.3 Å². The van der Waals surface area contributed by atoms with Gasteiger partial charge in [0, 0.05) is 0 Å². The molecule has 1 atom stereocenters. The van der Waals surface area contributed by atoms with Crippen LogP contribution in [-0.2, 0) is 0 Å². The molecule has 0 unspecified atom stereocenters.